The average Bonchev–Trinajstić information content (AvgIpc) is 3.94. The van der Waals surface area contributed by atoms with Gasteiger partial charge in [0, 0.05) is 29.3 Å². The van der Waals surface area contributed by atoms with E-state index in [0.29, 0.717) is 61.7 Å². The Bertz CT molecular complexity index is 2190. The number of amides is 4. The fourth-order valence-electron chi connectivity index (χ4n) is 9.70. The summed E-state index contributed by atoms with van der Waals surface area (Å²) >= 11 is 0. The summed E-state index contributed by atoms with van der Waals surface area (Å²) in [6, 6.07) is 0.629. The molecule has 13 nitrogen and oxygen atoms in total. The fourth-order valence-corrected chi connectivity index (χ4v) is 11.0. The minimum Gasteiger partial charge on any atom is -0.483 e. The Balaban J connectivity index is 1.17. The molecule has 2 aromatic rings. The largest absolute Gasteiger partial charge is 0.483 e. The molecule has 314 valence electrons. The Morgan fingerprint density at radius 1 is 1.05 bits per heavy atom. The Morgan fingerprint density at radius 2 is 1.78 bits per heavy atom. The number of allylic oxidation sites excluding steroid dienone is 1. The summed E-state index contributed by atoms with van der Waals surface area (Å²) in [5.41, 5.74) is -2.33. The van der Waals surface area contributed by atoms with Crippen LogP contribution in [0.5, 0.6) is 5.75 Å². The molecular formula is C41H50F3N5O8S. The number of alkyl halides is 3. The molecule has 4 amide bonds. The molecule has 3 N–H and O–H groups in total. The van der Waals surface area contributed by atoms with Gasteiger partial charge in [-0.15, -0.1) is 0 Å². The van der Waals surface area contributed by atoms with Crippen molar-refractivity contribution in [3.8, 4) is 5.75 Å². The number of carbonyl (C=O) groups excluding carboxylic acids is 3. The Hall–Kier alpha value is -4.41. The van der Waals surface area contributed by atoms with Gasteiger partial charge >= 0.3 is 12.3 Å². The number of hydrogen-bond donors (Lipinski definition) is 3. The maximum Gasteiger partial charge on any atom is 0.416 e. The number of nitrogens with zero attached hydrogens (tertiary/aromatic N) is 3. The van der Waals surface area contributed by atoms with Crippen molar-refractivity contribution in [1.82, 2.24) is 24.8 Å². The van der Waals surface area contributed by atoms with Crippen molar-refractivity contribution in [2.75, 3.05) is 6.54 Å². The van der Waals surface area contributed by atoms with E-state index in [4.69, 9.17) is 4.74 Å². The van der Waals surface area contributed by atoms with Crippen molar-refractivity contribution in [3.05, 3.63) is 47.2 Å². The quantitative estimate of drug-likeness (QED) is 0.310. The molecule has 1 aromatic carbocycles. The van der Waals surface area contributed by atoms with E-state index in [9.17, 15) is 41.1 Å². The number of rotatable bonds is 5. The van der Waals surface area contributed by atoms with Crippen molar-refractivity contribution in [2.24, 2.45) is 5.92 Å². The number of nitrogens with one attached hydrogen (secondary N) is 2. The lowest BCUT2D eigenvalue weighted by molar-refractivity contribution is -0.144. The lowest BCUT2D eigenvalue weighted by Crippen LogP contribution is -2.59. The van der Waals surface area contributed by atoms with Gasteiger partial charge in [-0.25, -0.2) is 18.2 Å². The Kier molecular flexibility index (Phi) is 10.0. The van der Waals surface area contributed by atoms with Gasteiger partial charge in [0.05, 0.1) is 28.1 Å². The summed E-state index contributed by atoms with van der Waals surface area (Å²) in [6.07, 6.45) is 4.93. The van der Waals surface area contributed by atoms with E-state index >= 15 is 4.79 Å². The number of fused-ring (bicyclic) bond motifs is 5. The second-order valence-corrected chi connectivity index (χ2v) is 19.8. The third-order valence-corrected chi connectivity index (χ3v) is 15.7. The summed E-state index contributed by atoms with van der Waals surface area (Å²) in [6.45, 7) is 3.11. The highest BCUT2D eigenvalue weighted by Crippen LogP contribution is 2.49. The predicted octanol–water partition coefficient (Wildman–Crippen LogP) is 5.91. The summed E-state index contributed by atoms with van der Waals surface area (Å²) in [5, 5.41) is 13.8. The van der Waals surface area contributed by atoms with Crippen molar-refractivity contribution >= 4 is 44.7 Å². The summed E-state index contributed by atoms with van der Waals surface area (Å²) in [5.74, 6) is -2.37. The highest BCUT2D eigenvalue weighted by molar-refractivity contribution is 7.91. The first-order chi connectivity index (χ1) is 27.4. The molecule has 6 aliphatic rings. The lowest BCUT2D eigenvalue weighted by Gasteiger charge is -2.38. The molecule has 0 bridgehead atoms. The van der Waals surface area contributed by atoms with Crippen LogP contribution in [-0.4, -0.2) is 92.7 Å². The first-order valence-electron chi connectivity index (χ1n) is 20.4. The van der Waals surface area contributed by atoms with Crippen LogP contribution in [0.25, 0.3) is 10.9 Å². The SMILES string of the molecule is Cc1nc2ccc(C(F)(F)F)cc2c2c1O[C@]1(CC2)C[C@H]2C(=O)N[C@]3(C(=O)NS(=O)(=O)C4(C)CC4)C[C@H]3/C=C\CCCCC[C@H](N(C(=O)O)C3CCCC3)C(=O)N2C1. The van der Waals surface area contributed by atoms with Gasteiger partial charge in [-0.3, -0.25) is 24.0 Å². The van der Waals surface area contributed by atoms with Gasteiger partial charge in [0.15, 0.2) is 0 Å². The smallest absolute Gasteiger partial charge is 0.416 e. The van der Waals surface area contributed by atoms with Crippen LogP contribution in [-0.2, 0) is 37.0 Å². The molecule has 1 saturated heterocycles. The van der Waals surface area contributed by atoms with Crippen LogP contribution >= 0.6 is 0 Å². The zero-order valence-electron chi connectivity index (χ0n) is 32.7. The van der Waals surface area contributed by atoms with Gasteiger partial charge in [0.1, 0.15) is 29.0 Å². The molecule has 3 aliphatic carbocycles. The molecule has 4 fully saturated rings. The molecule has 0 unspecified atom stereocenters. The molecule has 1 aromatic heterocycles. The van der Waals surface area contributed by atoms with Gasteiger partial charge in [-0.05, 0) is 96.3 Å². The standard InChI is InChI=1S/C41H50F3N5O8S/c1-24-33-28(29-20-25(41(42,43)44)14-15-30(29)45-24)16-17-39(57-33)22-32-34(50)46-40(36(52)47-58(55,56)38(2)18-19-38)21-26(40)10-6-4-3-5-7-13-31(35(51)48(32)23-39)49(37(53)54)27-11-8-9-12-27/h6,10,14-15,20,26-27,31-32H,3-5,7-9,11-13,16-19,21-23H2,1-2H3,(H,46,50)(H,47,52)(H,53,54)/b10-6-/t26-,31+,32+,39-,40-/m1/s1. The van der Waals surface area contributed by atoms with Crippen LogP contribution < -0.4 is 14.8 Å². The van der Waals surface area contributed by atoms with E-state index < -0.39 is 79.5 Å². The number of aryl methyl sites for hydroxylation is 2. The topological polar surface area (TPSA) is 175 Å². The van der Waals surface area contributed by atoms with Crippen LogP contribution in [0.15, 0.2) is 30.4 Å². The monoisotopic (exact) mass is 829 g/mol. The van der Waals surface area contributed by atoms with Crippen molar-refractivity contribution < 1.29 is 50.6 Å². The molecule has 4 heterocycles. The average molecular weight is 830 g/mol. The summed E-state index contributed by atoms with van der Waals surface area (Å²) in [4.78, 5) is 64.0. The number of carbonyl (C=O) groups is 4. The molecule has 0 radical (unpaired) electrons. The van der Waals surface area contributed by atoms with Crippen LogP contribution in [0.1, 0.15) is 114 Å². The first kappa shape index (κ1) is 40.4. The van der Waals surface area contributed by atoms with Crippen molar-refractivity contribution in [2.45, 2.75) is 150 Å². The maximum atomic E-state index is 15.1. The van der Waals surface area contributed by atoms with E-state index in [-0.39, 0.29) is 55.8 Å². The molecule has 17 heteroatoms. The van der Waals surface area contributed by atoms with Gasteiger partial charge in [0.2, 0.25) is 21.8 Å². The number of benzene rings is 1. The van der Waals surface area contributed by atoms with Gasteiger partial charge in [-0.1, -0.05) is 37.8 Å². The Labute approximate surface area is 335 Å². The van der Waals surface area contributed by atoms with E-state index in [0.717, 1.165) is 31.4 Å². The Morgan fingerprint density at radius 3 is 2.47 bits per heavy atom. The predicted molar refractivity (Wildman–Crippen MR) is 205 cm³/mol. The maximum absolute atomic E-state index is 15.1. The number of pyridine rings is 1. The fraction of sp³-hybridized carbons (Fsp3) is 0.634. The number of aromatic nitrogens is 1. The molecule has 3 saturated carbocycles. The third-order valence-electron chi connectivity index (χ3n) is 13.5. The number of hydrogen-bond acceptors (Lipinski definition) is 8. The summed E-state index contributed by atoms with van der Waals surface area (Å²) in [7, 11) is -4.06. The molecule has 1 spiro atoms. The minimum atomic E-state index is -4.59. The van der Waals surface area contributed by atoms with Gasteiger partial charge < -0.3 is 20.1 Å². The summed E-state index contributed by atoms with van der Waals surface area (Å²) < 4.78 is 75.8. The number of carboxylic acid groups (broad SMARTS) is 1. The number of ether oxygens (including phenoxy) is 1. The van der Waals surface area contributed by atoms with Gasteiger partial charge in [0.25, 0.3) is 5.91 Å². The number of sulfonamides is 1. The second kappa shape index (κ2) is 14.4. The molecular weight excluding hydrogens is 780 g/mol. The van der Waals surface area contributed by atoms with Crippen LogP contribution in [0.2, 0.25) is 0 Å². The van der Waals surface area contributed by atoms with Gasteiger partial charge in [-0.2, -0.15) is 13.2 Å². The lowest BCUT2D eigenvalue weighted by atomic mass is 9.87. The molecule has 58 heavy (non-hydrogen) atoms. The molecule has 5 atom stereocenters. The normalized spacial score (nSPS) is 30.6. The van der Waals surface area contributed by atoms with Crippen LogP contribution in [0.3, 0.4) is 0 Å². The van der Waals surface area contributed by atoms with E-state index in [2.05, 4.69) is 15.0 Å². The van der Waals surface area contributed by atoms with Crippen molar-refractivity contribution in [3.63, 3.8) is 0 Å². The van der Waals surface area contributed by atoms with Crippen LogP contribution in [0.4, 0.5) is 18.0 Å². The molecule has 3 aliphatic heterocycles. The highest BCUT2D eigenvalue weighted by atomic mass is 32.2. The zero-order valence-corrected chi connectivity index (χ0v) is 33.5. The second-order valence-electron chi connectivity index (χ2n) is 17.6. The first-order valence-corrected chi connectivity index (χ1v) is 21.9. The van der Waals surface area contributed by atoms with E-state index in [1.54, 1.807) is 13.8 Å². The minimum absolute atomic E-state index is 0.0676. The third kappa shape index (κ3) is 7.18. The van der Waals surface area contributed by atoms with E-state index in [1.165, 1.54) is 15.9 Å². The van der Waals surface area contributed by atoms with E-state index in [1.807, 2.05) is 12.2 Å². The highest BCUT2D eigenvalue weighted by Gasteiger charge is 2.64. The van der Waals surface area contributed by atoms with Crippen molar-refractivity contribution in [1.29, 1.82) is 0 Å². The molecule has 8 rings (SSSR count). The van der Waals surface area contributed by atoms with Crippen LogP contribution in [0, 0.1) is 12.8 Å². The zero-order chi connectivity index (χ0) is 41.4. The number of halogens is 3.